The van der Waals surface area contributed by atoms with Crippen LogP contribution in [0.5, 0.6) is 0 Å². The molecule has 0 radical (unpaired) electrons. The van der Waals surface area contributed by atoms with E-state index in [0.717, 1.165) is 44.5 Å². The molecule has 1 aromatic rings. The first-order valence-corrected chi connectivity index (χ1v) is 17.4. The van der Waals surface area contributed by atoms with Gasteiger partial charge in [0.1, 0.15) is 12.0 Å². The van der Waals surface area contributed by atoms with Crippen LogP contribution in [0.3, 0.4) is 0 Å². The van der Waals surface area contributed by atoms with Crippen molar-refractivity contribution in [3.05, 3.63) is 69.5 Å². The number of hydrogen-bond donors (Lipinski definition) is 2. The zero-order valence-corrected chi connectivity index (χ0v) is 29.1. The van der Waals surface area contributed by atoms with E-state index in [4.69, 9.17) is 11.5 Å². The van der Waals surface area contributed by atoms with Crippen molar-refractivity contribution in [1.82, 2.24) is 15.2 Å². The van der Waals surface area contributed by atoms with Crippen LogP contribution in [0.4, 0.5) is 0 Å². The molecule has 0 atom stereocenters. The normalized spacial score (nSPS) is 15.9. The number of rotatable bonds is 6. The fourth-order valence-electron chi connectivity index (χ4n) is 3.38. The van der Waals surface area contributed by atoms with Crippen molar-refractivity contribution < 1.29 is 28.5 Å². The molecule has 1 aliphatic carbocycles. The molecule has 1 saturated heterocycles. The van der Waals surface area contributed by atoms with Crippen LogP contribution >= 0.6 is 21.2 Å². The Balaban J connectivity index is -0.000000595. The number of likely N-dealkylation sites (tertiary alicyclic amines) is 1. The number of nitrogens with two attached hydrogens (primary N) is 1. The SMILES string of the molecule is CC.CN=C1C(N2CCC(C=O)CC2)=CC=C([N+](=O)[O-])C1=NC.CNCc1ccncc1.CSC.[Cl][Pt+].[NH-]CCN. The van der Waals surface area contributed by atoms with Crippen molar-refractivity contribution in [1.29, 1.82) is 0 Å². The first kappa shape index (κ1) is 43.5. The number of thioether (sulfide) groups is 1. The number of carbonyl (C=O) groups is 1. The number of allylic oxidation sites excluding steroid dienone is 4. The van der Waals surface area contributed by atoms with Crippen molar-refractivity contribution in [2.75, 3.05) is 59.8 Å². The molecule has 3 rings (SSSR count). The zero-order chi connectivity index (χ0) is 32.1. The molecule has 236 valence electrons. The summed E-state index contributed by atoms with van der Waals surface area (Å²) in [5, 5.41) is 14.1. The van der Waals surface area contributed by atoms with Crippen molar-refractivity contribution in [2.24, 2.45) is 21.6 Å². The van der Waals surface area contributed by atoms with Gasteiger partial charge in [0.2, 0.25) is 0 Å². The molecule has 0 bridgehead atoms. The standard InChI is InChI=1S/C14H18N4O3.C7H10N2.C2H7N2.C2H6S.C2H6.ClH.Pt/c1-15-13-11(17-7-5-10(9-19)6-8-17)3-4-12(18(20)21)14(13)16-2;1-8-6-7-2-4-9-5-3-7;3-1-2-4;1-3-2;1-2;;/h3-4,9-10H,5-8H2,1-2H3;2-5,8H,6H2,1H3;3H,1-2,4H2;1-2H3;1-2H3;1H;/q;;-1;;;;+2/p-1. The minimum absolute atomic E-state index is 0.0374. The fourth-order valence-corrected chi connectivity index (χ4v) is 3.38. The molecule has 11 nitrogen and oxygen atoms in total. The maximum atomic E-state index is 11.1. The van der Waals surface area contributed by atoms with Crippen molar-refractivity contribution >= 4 is 38.9 Å². The molecule has 2 heterocycles. The summed E-state index contributed by atoms with van der Waals surface area (Å²) in [5.74, 6) is 0.108. The van der Waals surface area contributed by atoms with Gasteiger partial charge in [0.25, 0.3) is 5.70 Å². The van der Waals surface area contributed by atoms with Gasteiger partial charge in [-0.05, 0) is 62.7 Å². The summed E-state index contributed by atoms with van der Waals surface area (Å²) in [5.41, 5.74) is 14.1. The smallest absolute Gasteiger partial charge is 0.0268 e. The predicted octanol–water partition coefficient (Wildman–Crippen LogP) is 4.59. The van der Waals surface area contributed by atoms with Gasteiger partial charge < -0.3 is 26.5 Å². The Kier molecular flexibility index (Phi) is 32.9. The molecule has 0 spiro atoms. The van der Waals surface area contributed by atoms with Crippen molar-refractivity contribution in [3.63, 3.8) is 0 Å². The largest absolute Gasteiger partial charge is 0.676 e. The number of nitro groups is 1. The monoisotopic (exact) mass is 793 g/mol. The summed E-state index contributed by atoms with van der Waals surface area (Å²) in [4.78, 5) is 35.7. The molecule has 4 N–H and O–H groups in total. The molecule has 41 heavy (non-hydrogen) atoms. The van der Waals surface area contributed by atoms with Gasteiger partial charge in [-0.2, -0.15) is 11.8 Å². The molecular formula is C27H47ClN8O3PtS. The number of hydrogen-bond acceptors (Lipinski definition) is 10. The van der Waals surface area contributed by atoms with Crippen LogP contribution in [0.2, 0.25) is 0 Å². The van der Waals surface area contributed by atoms with E-state index in [1.165, 1.54) is 18.7 Å². The molecule has 2 aliphatic rings. The van der Waals surface area contributed by atoms with Gasteiger partial charge >= 0.3 is 28.2 Å². The van der Waals surface area contributed by atoms with Crippen LogP contribution in [0.1, 0.15) is 32.3 Å². The van der Waals surface area contributed by atoms with E-state index in [1.54, 1.807) is 56.1 Å². The Bertz CT molecular complexity index is 924. The average Bonchev–Trinajstić information content (AvgIpc) is 3.03. The van der Waals surface area contributed by atoms with Crippen molar-refractivity contribution in [2.45, 2.75) is 33.2 Å². The van der Waals surface area contributed by atoms with Gasteiger partial charge in [-0.25, -0.2) is 0 Å². The van der Waals surface area contributed by atoms with E-state index in [1.807, 2.05) is 45.5 Å². The number of nitrogens with zero attached hydrogens (tertiary/aromatic N) is 5. The number of halogens is 1. The van der Waals surface area contributed by atoms with Gasteiger partial charge in [-0.15, -0.1) is 6.54 Å². The van der Waals surface area contributed by atoms with E-state index in [0.29, 0.717) is 24.5 Å². The Labute approximate surface area is 265 Å². The molecule has 14 heteroatoms. The number of carbonyl (C=O) groups excluding carboxylic acids is 1. The number of nitrogens with one attached hydrogen (secondary N) is 2. The zero-order valence-electron chi connectivity index (χ0n) is 25.2. The van der Waals surface area contributed by atoms with E-state index in [2.05, 4.69) is 34.6 Å². The Morgan fingerprint density at radius 2 is 1.68 bits per heavy atom. The maximum Gasteiger partial charge on any atom is -0.0268 e. The summed E-state index contributed by atoms with van der Waals surface area (Å²) in [7, 11) is 9.68. The van der Waals surface area contributed by atoms with Gasteiger partial charge in [-0.3, -0.25) is 25.1 Å². The third kappa shape index (κ3) is 19.0. The maximum absolute atomic E-state index is 11.1. The van der Waals surface area contributed by atoms with Crippen LogP contribution in [0.25, 0.3) is 5.73 Å². The molecular weight excluding hydrogens is 747 g/mol. The van der Waals surface area contributed by atoms with Crippen LogP contribution in [0, 0.1) is 16.0 Å². The average molecular weight is 794 g/mol. The number of aliphatic imine (C=N–C) groups is 2. The quantitative estimate of drug-likeness (QED) is 0.183. The van der Waals surface area contributed by atoms with E-state index >= 15 is 0 Å². The van der Waals surface area contributed by atoms with E-state index in [-0.39, 0.29) is 11.6 Å². The first-order valence-electron chi connectivity index (χ1n) is 13.0. The van der Waals surface area contributed by atoms with E-state index in [9.17, 15) is 14.9 Å². The third-order valence-corrected chi connectivity index (χ3v) is 5.10. The molecule has 1 aliphatic heterocycles. The van der Waals surface area contributed by atoms with Crippen LogP contribution in [-0.4, -0.2) is 92.4 Å². The molecule has 1 aromatic heterocycles. The Morgan fingerprint density at radius 1 is 1.20 bits per heavy atom. The second-order valence-corrected chi connectivity index (χ2v) is 8.62. The van der Waals surface area contributed by atoms with Crippen LogP contribution < -0.4 is 11.1 Å². The van der Waals surface area contributed by atoms with Crippen molar-refractivity contribution in [3.8, 4) is 0 Å². The minimum atomic E-state index is -0.445. The second kappa shape index (κ2) is 31.0. The summed E-state index contributed by atoms with van der Waals surface area (Å²) in [6, 6.07) is 3.99. The predicted molar refractivity (Wildman–Crippen MR) is 172 cm³/mol. The first-order chi connectivity index (χ1) is 19.9. The molecule has 0 aromatic carbocycles. The topological polar surface area (TPSA) is 163 Å². The Hall–Kier alpha value is -1.95. The Morgan fingerprint density at radius 3 is 2.05 bits per heavy atom. The number of pyridine rings is 1. The molecule has 0 unspecified atom stereocenters. The van der Waals surface area contributed by atoms with Crippen LogP contribution in [-0.2, 0) is 30.1 Å². The third-order valence-electron chi connectivity index (χ3n) is 5.10. The summed E-state index contributed by atoms with van der Waals surface area (Å²) >= 11 is 3.36. The molecule has 0 amide bonds. The minimum Gasteiger partial charge on any atom is -0.676 e. The number of piperidine rings is 1. The van der Waals surface area contributed by atoms with Gasteiger partial charge in [0.05, 0.1) is 10.6 Å². The molecule has 0 saturated carbocycles. The number of aromatic nitrogens is 1. The van der Waals surface area contributed by atoms with Gasteiger partial charge in [0, 0.05) is 58.1 Å². The number of aldehydes is 1. The van der Waals surface area contributed by atoms with Gasteiger partial charge in [0.15, 0.2) is 5.71 Å². The van der Waals surface area contributed by atoms with Crippen LogP contribution in [0.15, 0.2) is 58.1 Å². The summed E-state index contributed by atoms with van der Waals surface area (Å²) in [6.07, 6.45) is 13.5. The van der Waals surface area contributed by atoms with Gasteiger partial charge in [-0.1, -0.05) is 13.8 Å². The fraction of sp³-hybridized carbons (Fsp3) is 0.556. The van der Waals surface area contributed by atoms with E-state index < -0.39 is 4.92 Å². The summed E-state index contributed by atoms with van der Waals surface area (Å²) < 4.78 is 0. The summed E-state index contributed by atoms with van der Waals surface area (Å²) in [6.45, 7) is 7.24. The second-order valence-electron chi connectivity index (χ2n) is 7.80. The molecule has 1 fully saturated rings.